The number of amides is 1. The monoisotopic (exact) mass is 313 g/mol. The van der Waals surface area contributed by atoms with E-state index in [9.17, 15) is 9.18 Å². The topological polar surface area (TPSA) is 38.8 Å². The molecule has 0 aromatic heterocycles. The molecule has 0 radical (unpaired) electrons. The molecule has 0 saturated carbocycles. The number of piperidine rings is 1. The van der Waals surface area contributed by atoms with Crippen molar-refractivity contribution in [3.8, 4) is 5.75 Å². The van der Waals surface area contributed by atoms with Crippen LogP contribution in [0.3, 0.4) is 0 Å². The number of hydrogen-bond donors (Lipinski definition) is 0. The highest BCUT2D eigenvalue weighted by Crippen LogP contribution is 2.39. The number of ether oxygens (including phenoxy) is 2. The van der Waals surface area contributed by atoms with Crippen molar-refractivity contribution in [2.24, 2.45) is 5.41 Å². The molecule has 3 rings (SSSR count). The summed E-state index contributed by atoms with van der Waals surface area (Å²) in [6.07, 6.45) is 1.80. The molecule has 1 amide bonds. The van der Waals surface area contributed by atoms with E-state index in [0.29, 0.717) is 18.8 Å². The Balaban J connectivity index is 1.78. The standard InChI is InChI=1S/C15H17ClFNO3/c1-20-10-6-11(13(17)12(16)7-10)14(19)18-4-2-15(3-5-18)8-21-9-15/h6-7H,2-5,8-9H2,1H3. The van der Waals surface area contributed by atoms with Crippen molar-refractivity contribution in [1.29, 1.82) is 0 Å². The lowest BCUT2D eigenvalue weighted by molar-refractivity contribution is -0.136. The number of hydrogen-bond acceptors (Lipinski definition) is 3. The van der Waals surface area contributed by atoms with Gasteiger partial charge in [0, 0.05) is 24.6 Å². The minimum atomic E-state index is -0.685. The molecule has 0 bridgehead atoms. The zero-order valence-electron chi connectivity index (χ0n) is 11.8. The van der Waals surface area contributed by atoms with E-state index in [1.54, 1.807) is 4.90 Å². The lowest BCUT2D eigenvalue weighted by Gasteiger charge is -2.47. The number of halogens is 2. The van der Waals surface area contributed by atoms with Gasteiger partial charge in [0.25, 0.3) is 5.91 Å². The Morgan fingerprint density at radius 3 is 2.57 bits per heavy atom. The van der Waals surface area contributed by atoms with E-state index in [0.717, 1.165) is 26.1 Å². The van der Waals surface area contributed by atoms with E-state index in [1.165, 1.54) is 19.2 Å². The third-order valence-electron chi connectivity index (χ3n) is 4.40. The van der Waals surface area contributed by atoms with Gasteiger partial charge in [0.2, 0.25) is 0 Å². The lowest BCUT2D eigenvalue weighted by Crippen LogP contribution is -2.52. The van der Waals surface area contributed by atoms with Crippen LogP contribution >= 0.6 is 11.6 Å². The Bertz CT molecular complexity index is 564. The molecule has 2 saturated heterocycles. The summed E-state index contributed by atoms with van der Waals surface area (Å²) in [5.74, 6) is -0.635. The molecule has 1 aromatic rings. The summed E-state index contributed by atoms with van der Waals surface area (Å²) in [7, 11) is 1.46. The van der Waals surface area contributed by atoms with Crippen molar-refractivity contribution >= 4 is 17.5 Å². The summed E-state index contributed by atoms with van der Waals surface area (Å²) in [6.45, 7) is 2.79. The van der Waals surface area contributed by atoms with Gasteiger partial charge in [-0.25, -0.2) is 4.39 Å². The second-order valence-electron chi connectivity index (χ2n) is 5.76. The smallest absolute Gasteiger partial charge is 0.257 e. The van der Waals surface area contributed by atoms with E-state index in [4.69, 9.17) is 21.1 Å². The second-order valence-corrected chi connectivity index (χ2v) is 6.16. The van der Waals surface area contributed by atoms with Gasteiger partial charge in [-0.05, 0) is 18.9 Å². The Morgan fingerprint density at radius 1 is 1.38 bits per heavy atom. The van der Waals surface area contributed by atoms with Gasteiger partial charge < -0.3 is 14.4 Å². The van der Waals surface area contributed by atoms with Gasteiger partial charge in [-0.1, -0.05) is 11.6 Å². The fraction of sp³-hybridized carbons (Fsp3) is 0.533. The van der Waals surface area contributed by atoms with Crippen molar-refractivity contribution in [1.82, 2.24) is 4.90 Å². The van der Waals surface area contributed by atoms with Crippen molar-refractivity contribution in [2.75, 3.05) is 33.4 Å². The Labute approximate surface area is 127 Å². The number of carbonyl (C=O) groups is 1. The Kier molecular flexibility index (Phi) is 3.80. The molecule has 2 aliphatic heterocycles. The predicted molar refractivity (Wildman–Crippen MR) is 76.4 cm³/mol. The average molecular weight is 314 g/mol. The van der Waals surface area contributed by atoms with Gasteiger partial charge in [0.15, 0.2) is 5.82 Å². The molecule has 0 unspecified atom stereocenters. The minimum absolute atomic E-state index is 0.0276. The van der Waals surface area contributed by atoms with Gasteiger partial charge in [-0.3, -0.25) is 4.79 Å². The van der Waals surface area contributed by atoms with Crippen LogP contribution in [-0.4, -0.2) is 44.2 Å². The van der Waals surface area contributed by atoms with Gasteiger partial charge in [0.1, 0.15) is 5.75 Å². The number of nitrogens with zero attached hydrogens (tertiary/aromatic N) is 1. The zero-order chi connectivity index (χ0) is 15.0. The molecule has 1 aromatic carbocycles. The number of methoxy groups -OCH3 is 1. The first-order chi connectivity index (χ1) is 10.0. The van der Waals surface area contributed by atoms with Crippen LogP contribution in [0.1, 0.15) is 23.2 Å². The van der Waals surface area contributed by atoms with Crippen molar-refractivity contribution < 1.29 is 18.7 Å². The molecule has 2 fully saturated rings. The minimum Gasteiger partial charge on any atom is -0.497 e. The molecule has 0 atom stereocenters. The number of likely N-dealkylation sites (tertiary alicyclic amines) is 1. The second kappa shape index (κ2) is 5.46. The maximum atomic E-state index is 14.1. The molecule has 6 heteroatoms. The van der Waals surface area contributed by atoms with Crippen LogP contribution in [-0.2, 0) is 4.74 Å². The third kappa shape index (κ3) is 2.60. The molecular weight excluding hydrogens is 297 g/mol. The van der Waals surface area contributed by atoms with Crippen molar-refractivity contribution in [3.05, 3.63) is 28.5 Å². The van der Waals surface area contributed by atoms with Gasteiger partial charge >= 0.3 is 0 Å². The third-order valence-corrected chi connectivity index (χ3v) is 4.67. The highest BCUT2D eigenvalue weighted by atomic mass is 35.5. The SMILES string of the molecule is COc1cc(Cl)c(F)c(C(=O)N2CCC3(CC2)COC3)c1. The number of rotatable bonds is 2. The number of carbonyl (C=O) groups excluding carboxylic acids is 1. The fourth-order valence-electron chi connectivity index (χ4n) is 2.87. The largest absolute Gasteiger partial charge is 0.497 e. The van der Waals surface area contributed by atoms with E-state index in [2.05, 4.69) is 0 Å². The quantitative estimate of drug-likeness (QED) is 0.842. The van der Waals surface area contributed by atoms with Gasteiger partial charge in [-0.2, -0.15) is 0 Å². The average Bonchev–Trinajstić information content (AvgIpc) is 2.47. The first kappa shape index (κ1) is 14.6. The van der Waals surface area contributed by atoms with Crippen LogP contribution in [0.25, 0.3) is 0 Å². The van der Waals surface area contributed by atoms with E-state index < -0.39 is 5.82 Å². The molecule has 21 heavy (non-hydrogen) atoms. The molecule has 114 valence electrons. The summed E-state index contributed by atoms with van der Waals surface area (Å²) >= 11 is 5.82. The van der Waals surface area contributed by atoms with Crippen LogP contribution in [0.2, 0.25) is 5.02 Å². The molecule has 1 spiro atoms. The highest BCUT2D eigenvalue weighted by molar-refractivity contribution is 6.31. The number of benzene rings is 1. The molecule has 2 aliphatic rings. The van der Waals surface area contributed by atoms with E-state index in [1.807, 2.05) is 0 Å². The molecule has 0 N–H and O–H groups in total. The van der Waals surface area contributed by atoms with Crippen LogP contribution in [0.15, 0.2) is 12.1 Å². The van der Waals surface area contributed by atoms with Crippen LogP contribution in [0, 0.1) is 11.2 Å². The Morgan fingerprint density at radius 2 is 2.05 bits per heavy atom. The molecule has 2 heterocycles. The van der Waals surface area contributed by atoms with Gasteiger partial charge in [-0.15, -0.1) is 0 Å². The molecule has 0 aliphatic carbocycles. The zero-order valence-corrected chi connectivity index (χ0v) is 12.6. The van der Waals surface area contributed by atoms with Crippen LogP contribution in [0.4, 0.5) is 4.39 Å². The first-order valence-electron chi connectivity index (χ1n) is 6.95. The van der Waals surface area contributed by atoms with Crippen LogP contribution in [0.5, 0.6) is 5.75 Å². The summed E-state index contributed by atoms with van der Waals surface area (Å²) in [5, 5.41) is -0.0985. The fourth-order valence-corrected chi connectivity index (χ4v) is 3.08. The van der Waals surface area contributed by atoms with Gasteiger partial charge in [0.05, 0.1) is 30.9 Å². The maximum Gasteiger partial charge on any atom is 0.257 e. The molecular formula is C15H17ClFNO3. The summed E-state index contributed by atoms with van der Waals surface area (Å²) < 4.78 is 24.4. The summed E-state index contributed by atoms with van der Waals surface area (Å²) in [6, 6.07) is 2.77. The molecule has 4 nitrogen and oxygen atoms in total. The normalized spacial score (nSPS) is 20.2. The lowest BCUT2D eigenvalue weighted by atomic mass is 9.77. The van der Waals surface area contributed by atoms with Crippen LogP contribution < -0.4 is 4.74 Å². The maximum absolute atomic E-state index is 14.1. The van der Waals surface area contributed by atoms with E-state index in [-0.39, 0.29) is 21.9 Å². The van der Waals surface area contributed by atoms with E-state index >= 15 is 0 Å². The first-order valence-corrected chi connectivity index (χ1v) is 7.32. The summed E-state index contributed by atoms with van der Waals surface area (Å²) in [5.41, 5.74) is 0.210. The highest BCUT2D eigenvalue weighted by Gasteiger charge is 2.42. The van der Waals surface area contributed by atoms with Crippen molar-refractivity contribution in [2.45, 2.75) is 12.8 Å². The van der Waals surface area contributed by atoms with Crippen molar-refractivity contribution in [3.63, 3.8) is 0 Å². The Hall–Kier alpha value is -1.33. The predicted octanol–water partition coefficient (Wildman–Crippen LogP) is 2.74. The summed E-state index contributed by atoms with van der Waals surface area (Å²) in [4.78, 5) is 14.2.